The Hall–Kier alpha value is -2.60. The van der Waals surface area contributed by atoms with Gasteiger partial charge in [-0.05, 0) is 44.5 Å². The van der Waals surface area contributed by atoms with Crippen LogP contribution in [-0.2, 0) is 0 Å². The number of hydrogen-bond donors (Lipinski definition) is 0. The number of rotatable bonds is 2. The Bertz CT molecular complexity index is 981. The van der Waals surface area contributed by atoms with Gasteiger partial charge in [-0.15, -0.1) is 0 Å². The third-order valence-corrected chi connectivity index (χ3v) is 4.89. The zero-order valence-corrected chi connectivity index (χ0v) is 16.2. The van der Waals surface area contributed by atoms with Crippen molar-refractivity contribution in [1.82, 2.24) is 0 Å². The molecule has 0 spiro atoms. The Morgan fingerprint density at radius 3 is 1.81 bits per heavy atom. The largest absolute Gasteiger partial charge is 0.0616 e. The second-order valence-electron chi connectivity index (χ2n) is 7.48. The molecular formula is C26H28. The van der Waals surface area contributed by atoms with Gasteiger partial charge in [0.1, 0.15) is 0 Å². The zero-order chi connectivity index (χ0) is 18.5. The zero-order valence-electron chi connectivity index (χ0n) is 16.2. The van der Waals surface area contributed by atoms with Gasteiger partial charge in [0.05, 0.1) is 0 Å². The molecule has 4 aromatic carbocycles. The van der Waals surface area contributed by atoms with Crippen LogP contribution in [0.3, 0.4) is 0 Å². The highest BCUT2D eigenvalue weighted by Gasteiger charge is 2.02. The van der Waals surface area contributed by atoms with E-state index in [1.807, 2.05) is 0 Å². The van der Waals surface area contributed by atoms with E-state index >= 15 is 0 Å². The smallest absolute Gasteiger partial charge is 0.0149 e. The molecule has 0 unspecified atom stereocenters. The van der Waals surface area contributed by atoms with Crippen LogP contribution in [0.25, 0.3) is 21.5 Å². The molecule has 0 aliphatic rings. The van der Waals surface area contributed by atoms with Crippen molar-refractivity contribution in [3.05, 3.63) is 96.1 Å². The molecule has 0 radical (unpaired) electrons. The fourth-order valence-corrected chi connectivity index (χ4v) is 3.32. The fourth-order valence-electron chi connectivity index (χ4n) is 3.32. The minimum Gasteiger partial charge on any atom is -0.0616 e. The van der Waals surface area contributed by atoms with Crippen molar-refractivity contribution in [2.24, 2.45) is 0 Å². The summed E-state index contributed by atoms with van der Waals surface area (Å²) in [5.41, 5.74) is 2.86. The lowest BCUT2D eigenvalue weighted by atomic mass is 9.96. The van der Waals surface area contributed by atoms with E-state index in [9.17, 15) is 0 Å². The van der Waals surface area contributed by atoms with Crippen LogP contribution in [0.2, 0.25) is 0 Å². The molecular weight excluding hydrogens is 312 g/mol. The first-order valence-electron chi connectivity index (χ1n) is 9.52. The Morgan fingerprint density at radius 2 is 1.12 bits per heavy atom. The van der Waals surface area contributed by atoms with Gasteiger partial charge >= 0.3 is 0 Å². The quantitative estimate of drug-likeness (QED) is 0.347. The van der Waals surface area contributed by atoms with Crippen LogP contribution in [0, 0.1) is 0 Å². The normalized spacial score (nSPS) is 11.0. The van der Waals surface area contributed by atoms with Gasteiger partial charge in [-0.2, -0.15) is 0 Å². The van der Waals surface area contributed by atoms with E-state index in [2.05, 4.69) is 113 Å². The van der Waals surface area contributed by atoms with E-state index in [0.717, 1.165) is 0 Å². The van der Waals surface area contributed by atoms with Crippen LogP contribution in [0.1, 0.15) is 50.7 Å². The number of hydrogen-bond acceptors (Lipinski definition) is 0. The molecule has 0 heterocycles. The Morgan fingerprint density at radius 1 is 0.500 bits per heavy atom. The summed E-state index contributed by atoms with van der Waals surface area (Å²) in [6.45, 7) is 8.93. The topological polar surface area (TPSA) is 0 Å². The van der Waals surface area contributed by atoms with Gasteiger partial charge in [-0.25, -0.2) is 0 Å². The van der Waals surface area contributed by atoms with Crippen molar-refractivity contribution in [2.75, 3.05) is 0 Å². The highest BCUT2D eigenvalue weighted by atomic mass is 14.1. The Kier molecular flexibility index (Phi) is 5.73. The van der Waals surface area contributed by atoms with E-state index in [1.54, 1.807) is 0 Å². The van der Waals surface area contributed by atoms with Crippen molar-refractivity contribution in [3.8, 4) is 0 Å². The molecule has 132 valence electrons. The lowest BCUT2D eigenvalue weighted by molar-refractivity contribution is 0.869. The summed E-state index contributed by atoms with van der Waals surface area (Å²) in [4.78, 5) is 0. The molecule has 0 saturated heterocycles. The van der Waals surface area contributed by atoms with Gasteiger partial charge in [0, 0.05) is 0 Å². The van der Waals surface area contributed by atoms with Crippen LogP contribution in [0.4, 0.5) is 0 Å². The summed E-state index contributed by atoms with van der Waals surface area (Å²) < 4.78 is 0. The highest BCUT2D eigenvalue weighted by Crippen LogP contribution is 2.24. The molecule has 0 aliphatic carbocycles. The van der Waals surface area contributed by atoms with Gasteiger partial charge in [0.25, 0.3) is 0 Å². The Balaban J connectivity index is 0.000000151. The molecule has 0 aromatic heterocycles. The second-order valence-corrected chi connectivity index (χ2v) is 7.48. The van der Waals surface area contributed by atoms with Gasteiger partial charge in [0.2, 0.25) is 0 Å². The molecule has 0 aliphatic heterocycles. The minimum absolute atomic E-state index is 0.603. The lowest BCUT2D eigenvalue weighted by Crippen LogP contribution is -1.88. The van der Waals surface area contributed by atoms with Gasteiger partial charge in [0.15, 0.2) is 0 Å². The maximum Gasteiger partial charge on any atom is -0.0149 e. The number of fused-ring (bicyclic) bond motifs is 2. The average Bonchev–Trinajstić information content (AvgIpc) is 2.67. The van der Waals surface area contributed by atoms with Crippen LogP contribution >= 0.6 is 0 Å². The van der Waals surface area contributed by atoms with Gasteiger partial charge in [-0.3, -0.25) is 0 Å². The van der Waals surface area contributed by atoms with E-state index in [4.69, 9.17) is 0 Å². The summed E-state index contributed by atoms with van der Waals surface area (Å²) in [6, 6.07) is 30.3. The van der Waals surface area contributed by atoms with Crippen LogP contribution in [0.15, 0.2) is 84.9 Å². The summed E-state index contributed by atoms with van der Waals surface area (Å²) in [7, 11) is 0. The molecule has 0 fully saturated rings. The summed E-state index contributed by atoms with van der Waals surface area (Å²) >= 11 is 0. The molecule has 4 aromatic rings. The predicted octanol–water partition coefficient (Wildman–Crippen LogP) is 7.93. The molecule has 4 rings (SSSR count). The first kappa shape index (κ1) is 18.2. The van der Waals surface area contributed by atoms with Crippen molar-refractivity contribution in [3.63, 3.8) is 0 Å². The minimum atomic E-state index is 0.603. The Labute approximate surface area is 157 Å². The maximum atomic E-state index is 2.28. The molecule has 0 bridgehead atoms. The third-order valence-electron chi connectivity index (χ3n) is 4.89. The molecule has 0 atom stereocenters. The van der Waals surface area contributed by atoms with Crippen LogP contribution < -0.4 is 0 Å². The van der Waals surface area contributed by atoms with Crippen molar-refractivity contribution in [1.29, 1.82) is 0 Å². The molecule has 0 amide bonds. The molecule has 0 N–H and O–H groups in total. The average molecular weight is 341 g/mol. The van der Waals surface area contributed by atoms with E-state index in [-0.39, 0.29) is 0 Å². The summed E-state index contributed by atoms with van der Waals surface area (Å²) in [5.74, 6) is 1.22. The molecule has 0 heteroatoms. The molecule has 0 nitrogen and oxygen atoms in total. The van der Waals surface area contributed by atoms with Crippen LogP contribution in [-0.4, -0.2) is 0 Å². The van der Waals surface area contributed by atoms with Crippen molar-refractivity contribution < 1.29 is 0 Å². The summed E-state index contributed by atoms with van der Waals surface area (Å²) in [6.07, 6.45) is 0. The van der Waals surface area contributed by atoms with Crippen molar-refractivity contribution >= 4 is 21.5 Å². The monoisotopic (exact) mass is 340 g/mol. The predicted molar refractivity (Wildman–Crippen MR) is 116 cm³/mol. The van der Waals surface area contributed by atoms with Gasteiger partial charge in [-0.1, -0.05) is 113 Å². The second kappa shape index (κ2) is 8.19. The first-order valence-corrected chi connectivity index (χ1v) is 9.52. The maximum absolute atomic E-state index is 2.28. The molecule has 0 saturated carbocycles. The fraction of sp³-hybridized carbons (Fsp3) is 0.231. The van der Waals surface area contributed by atoms with Gasteiger partial charge < -0.3 is 0 Å². The SMILES string of the molecule is CC(C)c1ccc2ccccc2c1.CC(C)c1cccc2ccccc12. The first-order chi connectivity index (χ1) is 12.6. The third kappa shape index (κ3) is 4.14. The molecule has 26 heavy (non-hydrogen) atoms. The highest BCUT2D eigenvalue weighted by molar-refractivity contribution is 5.86. The van der Waals surface area contributed by atoms with Crippen LogP contribution in [0.5, 0.6) is 0 Å². The number of benzene rings is 4. The van der Waals surface area contributed by atoms with E-state index in [0.29, 0.717) is 11.8 Å². The van der Waals surface area contributed by atoms with Crippen molar-refractivity contribution in [2.45, 2.75) is 39.5 Å². The lowest BCUT2D eigenvalue weighted by Gasteiger charge is -2.08. The van der Waals surface area contributed by atoms with E-state index in [1.165, 1.54) is 32.7 Å². The standard InChI is InChI=1S/2C13H14/c1-10(2)12-9-5-7-11-6-3-4-8-13(11)12;1-10(2)12-8-7-11-5-3-4-6-13(11)9-12/h2*3-10H,1-2H3. The summed E-state index contributed by atoms with van der Waals surface area (Å²) in [5, 5.41) is 5.40. The van der Waals surface area contributed by atoms with E-state index < -0.39 is 0 Å².